The molecule has 1 amide bonds. The third kappa shape index (κ3) is 4.29. The minimum absolute atomic E-state index is 0.0164. The van der Waals surface area contributed by atoms with Crippen LogP contribution in [0.2, 0.25) is 0 Å². The molecule has 1 N–H and O–H groups in total. The van der Waals surface area contributed by atoms with E-state index in [1.54, 1.807) is 0 Å². The van der Waals surface area contributed by atoms with Crippen molar-refractivity contribution in [3.05, 3.63) is 91.9 Å². The molecule has 170 valence electrons. The molecule has 0 aliphatic heterocycles. The number of nitrogens with zero attached hydrogens (tertiary/aromatic N) is 2. The van der Waals surface area contributed by atoms with E-state index in [0.29, 0.717) is 10.6 Å². The van der Waals surface area contributed by atoms with Gasteiger partial charge in [0.15, 0.2) is 0 Å². The second kappa shape index (κ2) is 8.28. The zero-order valence-electron chi connectivity index (χ0n) is 16.3. The lowest BCUT2D eigenvalue weighted by Gasteiger charge is -2.15. The number of halogens is 5. The largest absolute Gasteiger partial charge is 0.418 e. The summed E-state index contributed by atoms with van der Waals surface area (Å²) in [7, 11) is 0. The van der Waals surface area contributed by atoms with Crippen LogP contribution >= 0.6 is 11.3 Å². The number of rotatable bonds is 4. The second-order valence-corrected chi connectivity index (χ2v) is 7.78. The molecule has 0 radical (unpaired) electrons. The molecule has 0 bridgehead atoms. The molecule has 6 nitrogen and oxygen atoms in total. The van der Waals surface area contributed by atoms with Gasteiger partial charge in [-0.05, 0) is 35.7 Å². The van der Waals surface area contributed by atoms with Crippen LogP contribution in [0.25, 0.3) is 15.9 Å². The van der Waals surface area contributed by atoms with Gasteiger partial charge in [0.1, 0.15) is 22.9 Å². The number of aromatic nitrogens is 2. The van der Waals surface area contributed by atoms with Crippen LogP contribution in [-0.2, 0) is 17.5 Å². The van der Waals surface area contributed by atoms with E-state index >= 15 is 0 Å². The standard InChI is InChI=1S/C21H12F5N3O3S/c22-11-7-12(23)9-13(8-11)29-19(31)18-16(5-6-33-18)28(20(29)32)10-17(30)27-15-4-2-1-3-14(15)21(24,25)26/h1-9H,10H2,(H,27,30). The number of benzene rings is 2. The summed E-state index contributed by atoms with van der Waals surface area (Å²) in [6.45, 7) is -0.754. The molecule has 12 heteroatoms. The highest BCUT2D eigenvalue weighted by Gasteiger charge is 2.33. The zero-order chi connectivity index (χ0) is 23.9. The van der Waals surface area contributed by atoms with Crippen molar-refractivity contribution >= 4 is 33.1 Å². The van der Waals surface area contributed by atoms with Crippen molar-refractivity contribution < 1.29 is 26.7 Å². The van der Waals surface area contributed by atoms with Crippen LogP contribution in [0.5, 0.6) is 0 Å². The monoisotopic (exact) mass is 481 g/mol. The fraction of sp³-hybridized carbons (Fsp3) is 0.0952. The predicted molar refractivity (Wildman–Crippen MR) is 112 cm³/mol. The predicted octanol–water partition coefficient (Wildman–Crippen LogP) is 4.15. The summed E-state index contributed by atoms with van der Waals surface area (Å²) in [6, 6.07) is 7.79. The van der Waals surface area contributed by atoms with Crippen LogP contribution < -0.4 is 16.6 Å². The molecule has 0 aliphatic carbocycles. The van der Waals surface area contributed by atoms with Crippen LogP contribution in [0.1, 0.15) is 5.56 Å². The van der Waals surface area contributed by atoms with E-state index in [1.165, 1.54) is 17.5 Å². The summed E-state index contributed by atoms with van der Waals surface area (Å²) in [4.78, 5) is 38.4. The Bertz CT molecular complexity index is 1480. The van der Waals surface area contributed by atoms with E-state index in [4.69, 9.17) is 0 Å². The Balaban J connectivity index is 1.80. The number of para-hydroxylation sites is 1. The normalized spacial score (nSPS) is 11.7. The van der Waals surface area contributed by atoms with Gasteiger partial charge in [-0.25, -0.2) is 18.1 Å². The molecule has 0 aliphatic rings. The van der Waals surface area contributed by atoms with Gasteiger partial charge in [0.25, 0.3) is 5.56 Å². The SMILES string of the molecule is O=C(Cn1c(=O)n(-c2cc(F)cc(F)c2)c(=O)c2sccc21)Nc1ccccc1C(F)(F)F. The number of anilines is 1. The number of alkyl halides is 3. The summed E-state index contributed by atoms with van der Waals surface area (Å²) in [5.41, 5.74) is -3.86. The first-order chi connectivity index (χ1) is 15.6. The van der Waals surface area contributed by atoms with Crippen LogP contribution in [0.4, 0.5) is 27.6 Å². The summed E-state index contributed by atoms with van der Waals surface area (Å²) in [5, 5.41) is 3.59. The first kappa shape index (κ1) is 22.4. The first-order valence-corrected chi connectivity index (χ1v) is 10.1. The van der Waals surface area contributed by atoms with Crippen molar-refractivity contribution in [3.8, 4) is 5.69 Å². The van der Waals surface area contributed by atoms with Crippen molar-refractivity contribution in [3.63, 3.8) is 0 Å². The van der Waals surface area contributed by atoms with Crippen molar-refractivity contribution in [2.75, 3.05) is 5.32 Å². The molecule has 0 fully saturated rings. The van der Waals surface area contributed by atoms with E-state index in [-0.39, 0.29) is 10.2 Å². The number of nitrogens with one attached hydrogen (secondary N) is 1. The number of fused-ring (bicyclic) bond motifs is 1. The average Bonchev–Trinajstić information content (AvgIpc) is 3.20. The molecule has 0 atom stereocenters. The number of carbonyl (C=O) groups is 1. The molecule has 0 saturated heterocycles. The highest BCUT2D eigenvalue weighted by molar-refractivity contribution is 7.17. The third-order valence-electron chi connectivity index (χ3n) is 4.67. The van der Waals surface area contributed by atoms with Crippen LogP contribution in [0.15, 0.2) is 63.5 Å². The molecule has 2 heterocycles. The summed E-state index contributed by atoms with van der Waals surface area (Å²) in [6.07, 6.45) is -4.73. The molecule has 4 rings (SSSR count). The molecule has 4 aromatic rings. The fourth-order valence-electron chi connectivity index (χ4n) is 3.31. The van der Waals surface area contributed by atoms with Crippen LogP contribution in [0, 0.1) is 11.6 Å². The highest BCUT2D eigenvalue weighted by Crippen LogP contribution is 2.34. The molecule has 0 saturated carbocycles. The van der Waals surface area contributed by atoms with Gasteiger partial charge in [0.2, 0.25) is 5.91 Å². The zero-order valence-corrected chi connectivity index (χ0v) is 17.1. The number of carbonyl (C=O) groups excluding carboxylic acids is 1. The van der Waals surface area contributed by atoms with Gasteiger partial charge < -0.3 is 5.32 Å². The van der Waals surface area contributed by atoms with Crippen molar-refractivity contribution in [2.24, 2.45) is 0 Å². The Kier molecular flexibility index (Phi) is 5.62. The molecule has 2 aromatic heterocycles. The van der Waals surface area contributed by atoms with E-state index in [1.807, 2.05) is 0 Å². The summed E-state index contributed by atoms with van der Waals surface area (Å²) >= 11 is 0.930. The Labute approximate surface area is 185 Å². The number of amides is 1. The first-order valence-electron chi connectivity index (χ1n) is 9.22. The Hall–Kier alpha value is -3.80. The van der Waals surface area contributed by atoms with Crippen LogP contribution in [0.3, 0.4) is 0 Å². The number of hydrogen-bond donors (Lipinski definition) is 1. The van der Waals surface area contributed by atoms with E-state index in [2.05, 4.69) is 5.32 Å². The fourth-order valence-corrected chi connectivity index (χ4v) is 4.13. The molecular weight excluding hydrogens is 469 g/mol. The molecule has 0 unspecified atom stereocenters. The van der Waals surface area contributed by atoms with Crippen molar-refractivity contribution in [1.29, 1.82) is 0 Å². The average molecular weight is 481 g/mol. The summed E-state index contributed by atoms with van der Waals surface area (Å²) < 4.78 is 68.4. The van der Waals surface area contributed by atoms with Gasteiger partial charge in [-0.15, -0.1) is 11.3 Å². The minimum atomic E-state index is -4.73. The molecule has 33 heavy (non-hydrogen) atoms. The lowest BCUT2D eigenvalue weighted by molar-refractivity contribution is -0.137. The molecular formula is C21H12F5N3O3S. The van der Waals surface area contributed by atoms with Gasteiger partial charge in [0, 0.05) is 6.07 Å². The lowest BCUT2D eigenvalue weighted by atomic mass is 10.1. The maximum Gasteiger partial charge on any atom is 0.418 e. The van der Waals surface area contributed by atoms with Gasteiger partial charge in [-0.2, -0.15) is 13.2 Å². The molecule has 0 spiro atoms. The quantitative estimate of drug-likeness (QED) is 0.445. The summed E-state index contributed by atoms with van der Waals surface area (Å²) in [5.74, 6) is -3.04. The Morgan fingerprint density at radius 2 is 1.67 bits per heavy atom. The Morgan fingerprint density at radius 3 is 2.33 bits per heavy atom. The van der Waals surface area contributed by atoms with E-state index in [9.17, 15) is 36.3 Å². The van der Waals surface area contributed by atoms with Gasteiger partial charge in [0.05, 0.1) is 22.5 Å². The van der Waals surface area contributed by atoms with Crippen LogP contribution in [-0.4, -0.2) is 15.0 Å². The van der Waals surface area contributed by atoms with Crippen molar-refractivity contribution in [1.82, 2.24) is 9.13 Å². The number of thiophene rings is 1. The smallest absolute Gasteiger partial charge is 0.324 e. The van der Waals surface area contributed by atoms with Crippen molar-refractivity contribution in [2.45, 2.75) is 12.7 Å². The Morgan fingerprint density at radius 1 is 1.00 bits per heavy atom. The molecule has 2 aromatic carbocycles. The van der Waals surface area contributed by atoms with E-state index < -0.39 is 58.4 Å². The third-order valence-corrected chi connectivity index (χ3v) is 5.56. The van der Waals surface area contributed by atoms with E-state index in [0.717, 1.165) is 46.2 Å². The van der Waals surface area contributed by atoms with Gasteiger partial charge in [-0.1, -0.05) is 12.1 Å². The second-order valence-electron chi connectivity index (χ2n) is 6.86. The maximum atomic E-state index is 13.7. The minimum Gasteiger partial charge on any atom is -0.324 e. The topological polar surface area (TPSA) is 73.1 Å². The highest BCUT2D eigenvalue weighted by atomic mass is 32.1. The van der Waals surface area contributed by atoms with Gasteiger partial charge >= 0.3 is 11.9 Å². The number of hydrogen-bond acceptors (Lipinski definition) is 4. The maximum absolute atomic E-state index is 13.7. The van der Waals surface area contributed by atoms with Gasteiger partial charge in [-0.3, -0.25) is 14.2 Å². The lowest BCUT2D eigenvalue weighted by Crippen LogP contribution is -2.40.